The predicted octanol–water partition coefficient (Wildman–Crippen LogP) is 5.42. The van der Waals surface area contributed by atoms with E-state index in [1.165, 1.54) is 0 Å². The second-order valence-corrected chi connectivity index (χ2v) is 9.42. The second-order valence-electron chi connectivity index (χ2n) is 9.42. The summed E-state index contributed by atoms with van der Waals surface area (Å²) in [7, 11) is 0. The number of ether oxygens (including phenoxy) is 1. The minimum absolute atomic E-state index is 0.128. The maximum absolute atomic E-state index is 14.7. The Morgan fingerprint density at radius 3 is 2.32 bits per heavy atom. The molecule has 1 atom stereocenters. The van der Waals surface area contributed by atoms with Gasteiger partial charge in [0.2, 0.25) is 5.91 Å². The molecule has 0 saturated heterocycles. The van der Waals surface area contributed by atoms with Gasteiger partial charge in [-0.3, -0.25) is 9.59 Å². The Labute approximate surface area is 221 Å². The van der Waals surface area contributed by atoms with Crippen LogP contribution in [-0.4, -0.2) is 30.8 Å². The molecule has 6 rings (SSSR count). The van der Waals surface area contributed by atoms with Crippen LogP contribution in [0.4, 0.5) is 11.4 Å². The van der Waals surface area contributed by atoms with Crippen LogP contribution in [0.25, 0.3) is 5.70 Å². The highest BCUT2D eigenvalue weighted by molar-refractivity contribution is 6.33. The first-order valence-corrected chi connectivity index (χ1v) is 12.6. The molecule has 0 bridgehead atoms. The first-order chi connectivity index (χ1) is 18.5. The van der Waals surface area contributed by atoms with Crippen LogP contribution in [0, 0.1) is 0 Å². The normalized spacial score (nSPS) is 19.6. The number of nitrogens with zero attached hydrogens (tertiary/aromatic N) is 2. The van der Waals surface area contributed by atoms with E-state index in [2.05, 4.69) is 6.58 Å². The number of hydrogen-bond donors (Lipinski definition) is 0. The third kappa shape index (κ3) is 2.91. The highest BCUT2D eigenvalue weighted by atomic mass is 16.5. The zero-order valence-corrected chi connectivity index (χ0v) is 21.2. The van der Waals surface area contributed by atoms with Crippen molar-refractivity contribution < 1.29 is 19.1 Å². The van der Waals surface area contributed by atoms with Crippen molar-refractivity contribution in [3.05, 3.63) is 125 Å². The number of carbonyl (C=O) groups excluding carboxylic acids is 3. The summed E-state index contributed by atoms with van der Waals surface area (Å²) in [5, 5.41) is 0. The maximum Gasteiger partial charge on any atom is 0.337 e. The minimum atomic E-state index is -1.66. The lowest BCUT2D eigenvalue weighted by Gasteiger charge is -2.42. The molecular weight excluding hydrogens is 476 g/mol. The lowest BCUT2D eigenvalue weighted by Crippen LogP contribution is -2.51. The third-order valence-electron chi connectivity index (χ3n) is 7.53. The number of carbonyl (C=O) groups is 3. The Hall–Kier alpha value is -4.71. The van der Waals surface area contributed by atoms with Gasteiger partial charge in [-0.2, -0.15) is 0 Å². The summed E-state index contributed by atoms with van der Waals surface area (Å²) in [6.45, 7) is 7.76. The zero-order chi connectivity index (χ0) is 26.6. The average Bonchev–Trinajstić information content (AvgIpc) is 3.35. The van der Waals surface area contributed by atoms with Gasteiger partial charge in [0, 0.05) is 45.9 Å². The maximum atomic E-state index is 14.7. The van der Waals surface area contributed by atoms with Gasteiger partial charge < -0.3 is 14.5 Å². The van der Waals surface area contributed by atoms with Crippen LogP contribution in [0.2, 0.25) is 0 Å². The Kier molecular flexibility index (Phi) is 5.42. The van der Waals surface area contributed by atoms with Crippen LogP contribution >= 0.6 is 0 Å². The molecule has 0 aromatic heterocycles. The van der Waals surface area contributed by atoms with Crippen molar-refractivity contribution in [2.24, 2.45) is 0 Å². The van der Waals surface area contributed by atoms with Crippen molar-refractivity contribution in [2.75, 3.05) is 23.0 Å². The number of ketones is 1. The second kappa shape index (κ2) is 8.70. The Balaban J connectivity index is 1.79. The van der Waals surface area contributed by atoms with Gasteiger partial charge in [-0.1, -0.05) is 66.7 Å². The summed E-state index contributed by atoms with van der Waals surface area (Å²) >= 11 is 0. The van der Waals surface area contributed by atoms with Crippen LogP contribution in [0.15, 0.2) is 108 Å². The molecule has 38 heavy (non-hydrogen) atoms. The molecule has 0 saturated carbocycles. The summed E-state index contributed by atoms with van der Waals surface area (Å²) in [6, 6.07) is 24.3. The quantitative estimate of drug-likeness (QED) is 0.344. The molecule has 1 amide bonds. The van der Waals surface area contributed by atoms with Crippen molar-refractivity contribution in [1.82, 2.24) is 0 Å². The van der Waals surface area contributed by atoms with Crippen molar-refractivity contribution >= 4 is 34.7 Å². The van der Waals surface area contributed by atoms with Crippen LogP contribution in [0.5, 0.6) is 0 Å². The summed E-state index contributed by atoms with van der Waals surface area (Å²) in [6.07, 6.45) is 1.65. The highest BCUT2D eigenvalue weighted by Gasteiger charge is 2.64. The number of allylic oxidation sites excluding steroid dienone is 1. The van der Waals surface area contributed by atoms with Crippen LogP contribution in [0.1, 0.15) is 35.3 Å². The van der Waals surface area contributed by atoms with E-state index in [1.54, 1.807) is 24.0 Å². The molecule has 6 nitrogen and oxygen atoms in total. The number of para-hydroxylation sites is 2. The van der Waals surface area contributed by atoms with Crippen molar-refractivity contribution in [3.8, 4) is 0 Å². The molecule has 188 valence electrons. The summed E-state index contributed by atoms with van der Waals surface area (Å²) < 4.78 is 5.59. The van der Waals surface area contributed by atoms with Gasteiger partial charge in [0.05, 0.1) is 17.9 Å². The topological polar surface area (TPSA) is 66.9 Å². The molecule has 0 radical (unpaired) electrons. The van der Waals surface area contributed by atoms with Gasteiger partial charge in [-0.25, -0.2) is 4.79 Å². The van der Waals surface area contributed by atoms with Crippen LogP contribution in [-0.2, 0) is 19.7 Å². The van der Waals surface area contributed by atoms with Crippen molar-refractivity contribution in [3.63, 3.8) is 0 Å². The molecule has 6 heteroatoms. The van der Waals surface area contributed by atoms with E-state index >= 15 is 0 Å². The zero-order valence-electron chi connectivity index (χ0n) is 21.2. The molecule has 2 aliphatic heterocycles. The van der Waals surface area contributed by atoms with Crippen LogP contribution in [0.3, 0.4) is 0 Å². The summed E-state index contributed by atoms with van der Waals surface area (Å²) in [5.41, 5.74) is 3.19. The predicted molar refractivity (Wildman–Crippen MR) is 147 cm³/mol. The van der Waals surface area contributed by atoms with Gasteiger partial charge in [-0.15, -0.1) is 6.58 Å². The number of esters is 1. The van der Waals surface area contributed by atoms with Crippen molar-refractivity contribution in [1.29, 1.82) is 0 Å². The Morgan fingerprint density at radius 2 is 1.61 bits per heavy atom. The minimum Gasteiger partial charge on any atom is -0.463 e. The number of benzene rings is 3. The molecule has 1 spiro atoms. The number of amides is 1. The van der Waals surface area contributed by atoms with Gasteiger partial charge in [0.15, 0.2) is 5.78 Å². The molecule has 3 aliphatic rings. The highest BCUT2D eigenvalue weighted by Crippen LogP contribution is 2.60. The SMILES string of the molecule is C=CCN1C(=O)C2(C(C(=O)OCC)=C(C)N(c3ccccc3)C3=C2C(=O)c2ccccc23)c2ccccc21. The largest absolute Gasteiger partial charge is 0.463 e. The monoisotopic (exact) mass is 502 g/mol. The molecule has 3 aromatic rings. The van der Waals surface area contributed by atoms with E-state index < -0.39 is 11.4 Å². The van der Waals surface area contributed by atoms with Crippen LogP contribution < -0.4 is 9.80 Å². The number of Topliss-reactive ketones (excluding diaryl/α,β-unsaturated/α-hetero) is 1. The molecule has 0 N–H and O–H groups in total. The van der Waals surface area contributed by atoms with E-state index in [0.29, 0.717) is 28.2 Å². The van der Waals surface area contributed by atoms with Gasteiger partial charge in [0.25, 0.3) is 0 Å². The first-order valence-electron chi connectivity index (χ1n) is 12.6. The molecule has 0 fully saturated rings. The fourth-order valence-electron chi connectivity index (χ4n) is 6.17. The van der Waals surface area contributed by atoms with Gasteiger partial charge in [-0.05, 0) is 32.0 Å². The fraction of sp³-hybridized carbons (Fsp3) is 0.156. The van der Waals surface area contributed by atoms with E-state index in [4.69, 9.17) is 4.74 Å². The first kappa shape index (κ1) is 23.7. The number of rotatable bonds is 5. The number of hydrogen-bond acceptors (Lipinski definition) is 5. The molecular formula is C32H26N2O4. The molecule has 3 aromatic carbocycles. The standard InChI is InChI=1S/C32H26N2O4/c1-4-19-33-25-18-12-11-17-24(25)32(31(33)37)26(30(36)38-5-2)20(3)34(21-13-7-6-8-14-21)28-22-15-9-10-16-23(22)29(35)27(28)32/h4,6-18H,1,5,19H2,2-3H3. The smallest absolute Gasteiger partial charge is 0.337 e. The number of anilines is 2. The van der Waals surface area contributed by atoms with Gasteiger partial charge >= 0.3 is 5.97 Å². The van der Waals surface area contributed by atoms with Gasteiger partial charge in [0.1, 0.15) is 5.41 Å². The Morgan fingerprint density at radius 1 is 0.947 bits per heavy atom. The lowest BCUT2D eigenvalue weighted by molar-refractivity contribution is -0.140. The van der Waals surface area contributed by atoms with Crippen molar-refractivity contribution in [2.45, 2.75) is 19.3 Å². The Bertz CT molecular complexity index is 1600. The molecule has 1 aliphatic carbocycles. The average molecular weight is 503 g/mol. The summed E-state index contributed by atoms with van der Waals surface area (Å²) in [4.78, 5) is 46.5. The third-order valence-corrected chi connectivity index (χ3v) is 7.53. The van der Waals surface area contributed by atoms with E-state index in [-0.39, 0.29) is 36.0 Å². The van der Waals surface area contributed by atoms with E-state index in [0.717, 1.165) is 11.3 Å². The number of fused-ring (bicyclic) bond motifs is 5. The van der Waals surface area contributed by atoms with E-state index in [1.807, 2.05) is 84.6 Å². The molecule has 2 heterocycles. The summed E-state index contributed by atoms with van der Waals surface area (Å²) in [5.74, 6) is -1.25. The molecule has 1 unspecified atom stereocenters. The fourth-order valence-corrected chi connectivity index (χ4v) is 6.17. The van der Waals surface area contributed by atoms with E-state index in [9.17, 15) is 14.4 Å². The lowest BCUT2D eigenvalue weighted by atomic mass is 9.65.